The van der Waals surface area contributed by atoms with Crippen LogP contribution in [0.15, 0.2) is 58.8 Å². The van der Waals surface area contributed by atoms with Crippen LogP contribution in [0.1, 0.15) is 15.9 Å². The van der Waals surface area contributed by atoms with E-state index in [4.69, 9.17) is 4.74 Å². The van der Waals surface area contributed by atoms with Gasteiger partial charge < -0.3 is 4.74 Å². The van der Waals surface area contributed by atoms with Gasteiger partial charge in [-0.2, -0.15) is 9.41 Å². The van der Waals surface area contributed by atoms with Crippen LogP contribution in [0.25, 0.3) is 0 Å². The van der Waals surface area contributed by atoms with Gasteiger partial charge in [-0.15, -0.1) is 0 Å². The first-order chi connectivity index (χ1) is 12.6. The zero-order valence-corrected chi connectivity index (χ0v) is 14.7. The van der Waals surface area contributed by atoms with Crippen molar-refractivity contribution in [1.29, 1.82) is 0 Å². The molecule has 1 aliphatic rings. The zero-order valence-electron chi connectivity index (χ0n) is 13.9. The SMILES string of the molecule is O=C(N/N=C/c1cccnc1)c1ccc(S(=O)(=O)N2CCOCC2)cc1. The minimum absolute atomic E-state index is 0.148. The molecule has 2 heterocycles. The number of hydrazone groups is 1. The average molecular weight is 374 g/mol. The molecule has 1 aliphatic heterocycles. The second-order valence-electron chi connectivity index (χ2n) is 5.53. The van der Waals surface area contributed by atoms with Gasteiger partial charge in [0.2, 0.25) is 10.0 Å². The van der Waals surface area contributed by atoms with E-state index in [-0.39, 0.29) is 4.90 Å². The Kier molecular flexibility index (Phi) is 5.71. The molecule has 9 heteroatoms. The third-order valence-electron chi connectivity index (χ3n) is 3.79. The van der Waals surface area contributed by atoms with Crippen LogP contribution >= 0.6 is 0 Å². The Labute approximate surface area is 151 Å². The molecule has 1 N–H and O–H groups in total. The van der Waals surface area contributed by atoms with Crippen molar-refractivity contribution in [3.05, 3.63) is 59.9 Å². The summed E-state index contributed by atoms with van der Waals surface area (Å²) in [6.45, 7) is 1.42. The predicted molar refractivity (Wildman–Crippen MR) is 95.3 cm³/mol. The van der Waals surface area contributed by atoms with Crippen molar-refractivity contribution in [2.24, 2.45) is 5.10 Å². The smallest absolute Gasteiger partial charge is 0.271 e. The number of ether oxygens (including phenoxy) is 1. The van der Waals surface area contributed by atoms with Gasteiger partial charge in [-0.25, -0.2) is 13.8 Å². The van der Waals surface area contributed by atoms with E-state index in [1.165, 1.54) is 34.8 Å². The molecule has 8 nitrogen and oxygen atoms in total. The van der Waals surface area contributed by atoms with Gasteiger partial charge in [0.15, 0.2) is 0 Å². The van der Waals surface area contributed by atoms with E-state index in [1.807, 2.05) is 0 Å². The summed E-state index contributed by atoms with van der Waals surface area (Å²) >= 11 is 0. The van der Waals surface area contributed by atoms with Crippen LogP contribution in [0.3, 0.4) is 0 Å². The van der Waals surface area contributed by atoms with Gasteiger partial charge in [-0.1, -0.05) is 6.07 Å². The fourth-order valence-corrected chi connectivity index (χ4v) is 3.80. The molecule has 1 aromatic carbocycles. The Morgan fingerprint density at radius 1 is 1.19 bits per heavy atom. The third-order valence-corrected chi connectivity index (χ3v) is 5.70. The topological polar surface area (TPSA) is 101 Å². The number of nitrogens with zero attached hydrogens (tertiary/aromatic N) is 3. The summed E-state index contributed by atoms with van der Waals surface area (Å²) in [6.07, 6.45) is 4.73. The number of sulfonamides is 1. The first-order valence-electron chi connectivity index (χ1n) is 7.99. The minimum atomic E-state index is -3.57. The number of morpholine rings is 1. The van der Waals surface area contributed by atoms with Crippen LogP contribution in [-0.4, -0.2) is 56.1 Å². The minimum Gasteiger partial charge on any atom is -0.379 e. The number of hydrogen-bond donors (Lipinski definition) is 1. The largest absolute Gasteiger partial charge is 0.379 e. The fourth-order valence-electron chi connectivity index (χ4n) is 2.40. The first-order valence-corrected chi connectivity index (χ1v) is 9.43. The Morgan fingerprint density at radius 3 is 2.58 bits per heavy atom. The first kappa shape index (κ1) is 18.2. The van der Waals surface area contributed by atoms with Crippen molar-refractivity contribution in [2.45, 2.75) is 4.90 Å². The molecule has 136 valence electrons. The average Bonchev–Trinajstić information content (AvgIpc) is 2.69. The molecule has 0 saturated carbocycles. The monoisotopic (exact) mass is 374 g/mol. The van der Waals surface area contributed by atoms with E-state index in [0.717, 1.165) is 5.56 Å². The maximum Gasteiger partial charge on any atom is 0.271 e. The lowest BCUT2D eigenvalue weighted by molar-refractivity contribution is 0.0730. The molecule has 0 unspecified atom stereocenters. The van der Waals surface area contributed by atoms with Crippen LogP contribution in [-0.2, 0) is 14.8 Å². The highest BCUT2D eigenvalue weighted by Gasteiger charge is 2.26. The number of aromatic nitrogens is 1. The zero-order chi connectivity index (χ0) is 18.4. The second-order valence-corrected chi connectivity index (χ2v) is 7.46. The van der Waals surface area contributed by atoms with Crippen LogP contribution in [0.4, 0.5) is 0 Å². The molecule has 3 rings (SSSR count). The Balaban J connectivity index is 1.65. The predicted octanol–water partition coefficient (Wildman–Crippen LogP) is 0.866. The Bertz CT molecular complexity index is 877. The number of carbonyl (C=O) groups excluding carboxylic acids is 1. The molecule has 0 spiro atoms. The highest BCUT2D eigenvalue weighted by Crippen LogP contribution is 2.17. The van der Waals surface area contributed by atoms with Crippen LogP contribution in [0.5, 0.6) is 0 Å². The second kappa shape index (κ2) is 8.17. The van der Waals surface area contributed by atoms with E-state index in [1.54, 1.807) is 24.5 Å². The normalized spacial score (nSPS) is 15.8. The quantitative estimate of drug-likeness (QED) is 0.618. The van der Waals surface area contributed by atoms with Gasteiger partial charge in [0.05, 0.1) is 24.3 Å². The number of rotatable bonds is 5. The summed E-state index contributed by atoms with van der Waals surface area (Å²) in [5.41, 5.74) is 3.46. The van der Waals surface area contributed by atoms with Gasteiger partial charge in [0.1, 0.15) is 0 Å². The molecule has 0 atom stereocenters. The summed E-state index contributed by atoms with van der Waals surface area (Å²) in [6, 6.07) is 9.32. The summed E-state index contributed by atoms with van der Waals surface area (Å²) < 4.78 is 31.6. The van der Waals surface area contributed by atoms with E-state index in [9.17, 15) is 13.2 Å². The standard InChI is InChI=1S/C17H18N4O4S/c22-17(20-19-13-14-2-1-7-18-12-14)15-3-5-16(6-4-15)26(23,24)21-8-10-25-11-9-21/h1-7,12-13H,8-11H2,(H,20,22)/b19-13+. The number of pyridine rings is 1. The van der Waals surface area contributed by atoms with Crippen LogP contribution in [0.2, 0.25) is 0 Å². The Morgan fingerprint density at radius 2 is 1.92 bits per heavy atom. The number of nitrogens with one attached hydrogen (secondary N) is 1. The Hall–Kier alpha value is -2.62. The summed E-state index contributed by atoms with van der Waals surface area (Å²) in [7, 11) is -3.57. The van der Waals surface area contributed by atoms with Crippen molar-refractivity contribution < 1.29 is 17.9 Å². The number of hydrogen-bond acceptors (Lipinski definition) is 6. The van der Waals surface area contributed by atoms with E-state index in [0.29, 0.717) is 31.9 Å². The lowest BCUT2D eigenvalue weighted by Gasteiger charge is -2.26. The van der Waals surface area contributed by atoms with Crippen molar-refractivity contribution >= 4 is 22.1 Å². The van der Waals surface area contributed by atoms with Crippen molar-refractivity contribution in [3.8, 4) is 0 Å². The summed E-state index contributed by atoms with van der Waals surface area (Å²) in [5, 5.41) is 3.86. The number of carbonyl (C=O) groups is 1. The molecule has 2 aromatic rings. The molecular weight excluding hydrogens is 356 g/mol. The van der Waals surface area contributed by atoms with Gasteiger partial charge in [0.25, 0.3) is 5.91 Å². The maximum absolute atomic E-state index is 12.5. The summed E-state index contributed by atoms with van der Waals surface area (Å²) in [5.74, 6) is -0.430. The number of amides is 1. The fraction of sp³-hybridized carbons (Fsp3) is 0.235. The summed E-state index contributed by atoms with van der Waals surface area (Å²) in [4.78, 5) is 16.2. The molecule has 1 saturated heterocycles. The molecule has 0 bridgehead atoms. The highest BCUT2D eigenvalue weighted by atomic mass is 32.2. The molecule has 1 aromatic heterocycles. The van der Waals surface area contributed by atoms with Gasteiger partial charge in [-0.3, -0.25) is 9.78 Å². The molecule has 0 radical (unpaired) electrons. The number of benzene rings is 1. The maximum atomic E-state index is 12.5. The van der Waals surface area contributed by atoms with E-state index < -0.39 is 15.9 Å². The molecule has 1 fully saturated rings. The third kappa shape index (κ3) is 4.31. The molecule has 0 aliphatic carbocycles. The van der Waals surface area contributed by atoms with Gasteiger partial charge in [-0.05, 0) is 30.3 Å². The van der Waals surface area contributed by atoms with Crippen LogP contribution < -0.4 is 5.43 Å². The van der Waals surface area contributed by atoms with Crippen molar-refractivity contribution in [3.63, 3.8) is 0 Å². The highest BCUT2D eigenvalue weighted by molar-refractivity contribution is 7.89. The van der Waals surface area contributed by atoms with E-state index >= 15 is 0 Å². The lowest BCUT2D eigenvalue weighted by atomic mass is 10.2. The lowest BCUT2D eigenvalue weighted by Crippen LogP contribution is -2.40. The van der Waals surface area contributed by atoms with Crippen LogP contribution in [0, 0.1) is 0 Å². The molecular formula is C17H18N4O4S. The van der Waals surface area contributed by atoms with Crippen molar-refractivity contribution in [1.82, 2.24) is 14.7 Å². The van der Waals surface area contributed by atoms with E-state index in [2.05, 4.69) is 15.5 Å². The molecule has 26 heavy (non-hydrogen) atoms. The van der Waals surface area contributed by atoms with Gasteiger partial charge >= 0.3 is 0 Å². The molecule has 1 amide bonds. The van der Waals surface area contributed by atoms with Gasteiger partial charge in [0, 0.05) is 36.6 Å². The van der Waals surface area contributed by atoms with Crippen molar-refractivity contribution in [2.75, 3.05) is 26.3 Å².